The molecule has 1 atom stereocenters. The van der Waals surface area contributed by atoms with E-state index in [4.69, 9.17) is 5.11 Å². The third-order valence-electron chi connectivity index (χ3n) is 2.58. The van der Waals surface area contributed by atoms with Gasteiger partial charge in [0.05, 0.1) is 5.69 Å². The highest BCUT2D eigenvalue weighted by molar-refractivity contribution is 5.80. The molecule has 7 nitrogen and oxygen atoms in total. The Bertz CT molecular complexity index is 658. The normalized spacial score (nSPS) is 11.0. The molecular weight excluding hydrogens is 272 g/mol. The van der Waals surface area contributed by atoms with Gasteiger partial charge in [0.15, 0.2) is 5.65 Å². The van der Waals surface area contributed by atoms with Crippen molar-refractivity contribution < 1.29 is 9.90 Å². The highest BCUT2D eigenvalue weighted by Gasteiger charge is 2.21. The monoisotopic (exact) mass is 296 g/mol. The van der Waals surface area contributed by atoms with Crippen LogP contribution in [0.4, 0.5) is 0 Å². The zero-order valence-electron chi connectivity index (χ0n) is 13.7. The summed E-state index contributed by atoms with van der Waals surface area (Å²) in [4.78, 5) is 29.4. The van der Waals surface area contributed by atoms with E-state index >= 15 is 0 Å². The van der Waals surface area contributed by atoms with Gasteiger partial charge in [-0.05, 0) is 20.8 Å². The van der Waals surface area contributed by atoms with Crippen molar-refractivity contribution in [3.05, 3.63) is 21.9 Å². The first-order valence-corrected chi connectivity index (χ1v) is 7.10. The van der Waals surface area contributed by atoms with Crippen LogP contribution in [0.2, 0.25) is 0 Å². The number of nitrogens with one attached hydrogen (secondary N) is 1. The molecule has 0 radical (unpaired) electrons. The fraction of sp³-hybridized carbons (Fsp3) is 0.571. The number of aliphatic carboxylic acids is 1. The summed E-state index contributed by atoms with van der Waals surface area (Å²) < 4.78 is 1.26. The van der Waals surface area contributed by atoms with Crippen LogP contribution in [0.5, 0.6) is 0 Å². The molecule has 0 spiro atoms. The molecule has 118 valence electrons. The first kappa shape index (κ1) is 18.8. The molecule has 0 saturated heterocycles. The Morgan fingerprint density at radius 1 is 1.24 bits per heavy atom. The fourth-order valence-electron chi connectivity index (χ4n) is 1.70. The third kappa shape index (κ3) is 3.90. The number of nitrogens with zero attached hydrogens (tertiary/aromatic N) is 3. The van der Waals surface area contributed by atoms with Crippen LogP contribution in [0.25, 0.3) is 11.0 Å². The van der Waals surface area contributed by atoms with Crippen LogP contribution in [-0.4, -0.2) is 30.8 Å². The minimum absolute atomic E-state index is 0.297. The van der Waals surface area contributed by atoms with Crippen LogP contribution < -0.4 is 5.56 Å². The first-order valence-electron chi connectivity index (χ1n) is 7.10. The zero-order valence-corrected chi connectivity index (χ0v) is 13.7. The molecule has 0 aromatic carbocycles. The number of carboxylic acids is 1. The Balaban J connectivity index is 0.000000921. The lowest BCUT2D eigenvalue weighted by molar-refractivity contribution is -0.140. The Morgan fingerprint density at radius 2 is 1.76 bits per heavy atom. The predicted octanol–water partition coefficient (Wildman–Crippen LogP) is 2.43. The maximum absolute atomic E-state index is 11.7. The molecule has 21 heavy (non-hydrogen) atoms. The Kier molecular flexibility index (Phi) is 7.33. The summed E-state index contributed by atoms with van der Waals surface area (Å²) in [7, 11) is 0. The van der Waals surface area contributed by atoms with E-state index < -0.39 is 12.0 Å². The van der Waals surface area contributed by atoms with Crippen molar-refractivity contribution in [2.24, 2.45) is 0 Å². The van der Waals surface area contributed by atoms with Gasteiger partial charge in [-0.15, -0.1) is 0 Å². The molecule has 0 bridgehead atoms. The molecule has 0 amide bonds. The number of fused-ring (bicyclic) bond motifs is 1. The number of aromatic amines is 1. The van der Waals surface area contributed by atoms with Crippen molar-refractivity contribution >= 4 is 17.0 Å². The van der Waals surface area contributed by atoms with Gasteiger partial charge in [0.2, 0.25) is 0 Å². The van der Waals surface area contributed by atoms with Crippen molar-refractivity contribution in [1.82, 2.24) is 19.7 Å². The number of carbonyl (C=O) groups is 1. The lowest BCUT2D eigenvalue weighted by Crippen LogP contribution is -2.18. The van der Waals surface area contributed by atoms with Gasteiger partial charge in [-0.1, -0.05) is 27.7 Å². The molecule has 0 saturated carbocycles. The molecule has 2 N–H and O–H groups in total. The van der Waals surface area contributed by atoms with Crippen LogP contribution in [0.3, 0.4) is 0 Å². The van der Waals surface area contributed by atoms with E-state index in [1.807, 2.05) is 27.7 Å². The molecule has 2 rings (SSSR count). The molecule has 2 aromatic rings. The maximum Gasteiger partial charge on any atom is 0.328 e. The fourth-order valence-corrected chi connectivity index (χ4v) is 1.70. The Hall–Kier alpha value is -2.18. The number of H-pyrrole nitrogens is 1. The second-order valence-corrected chi connectivity index (χ2v) is 3.89. The smallest absolute Gasteiger partial charge is 0.328 e. The second-order valence-electron chi connectivity index (χ2n) is 3.89. The molecule has 2 aromatic heterocycles. The van der Waals surface area contributed by atoms with E-state index in [-0.39, 0.29) is 5.56 Å². The van der Waals surface area contributed by atoms with Crippen LogP contribution in [0, 0.1) is 13.8 Å². The molecule has 2 heterocycles. The van der Waals surface area contributed by atoms with Gasteiger partial charge < -0.3 is 10.1 Å². The number of hydrogen-bond acceptors (Lipinski definition) is 4. The predicted molar refractivity (Wildman–Crippen MR) is 82.7 cm³/mol. The van der Waals surface area contributed by atoms with Gasteiger partial charge >= 0.3 is 5.97 Å². The van der Waals surface area contributed by atoms with Crippen molar-refractivity contribution in [3.8, 4) is 0 Å². The summed E-state index contributed by atoms with van der Waals surface area (Å²) in [6.07, 6.45) is 0. The van der Waals surface area contributed by atoms with Crippen molar-refractivity contribution in [1.29, 1.82) is 0 Å². The summed E-state index contributed by atoms with van der Waals surface area (Å²) in [5.41, 5.74) is 0.481. The van der Waals surface area contributed by atoms with Crippen molar-refractivity contribution in [2.45, 2.75) is 54.5 Å². The van der Waals surface area contributed by atoms with E-state index in [1.165, 1.54) is 11.6 Å². The number of carboxylic acid groups (broad SMARTS) is 1. The summed E-state index contributed by atoms with van der Waals surface area (Å²) in [6, 6.07) is -0.861. The quantitative estimate of drug-likeness (QED) is 0.886. The van der Waals surface area contributed by atoms with Gasteiger partial charge in [-0.25, -0.2) is 14.5 Å². The molecule has 1 unspecified atom stereocenters. The molecule has 7 heteroatoms. The average molecular weight is 296 g/mol. The highest BCUT2D eigenvalue weighted by Crippen LogP contribution is 2.16. The Labute approximate surface area is 124 Å². The second kappa shape index (κ2) is 8.18. The molecule has 0 fully saturated rings. The summed E-state index contributed by atoms with van der Waals surface area (Å²) >= 11 is 0. The summed E-state index contributed by atoms with van der Waals surface area (Å²) in [5, 5.41) is 13.4. The zero-order chi connectivity index (χ0) is 16.7. The highest BCUT2D eigenvalue weighted by atomic mass is 16.4. The lowest BCUT2D eigenvalue weighted by atomic mass is 10.3. The number of aryl methyl sites for hydroxylation is 2. The largest absolute Gasteiger partial charge is 0.480 e. The van der Waals surface area contributed by atoms with Crippen molar-refractivity contribution in [2.75, 3.05) is 0 Å². The molecule has 0 aliphatic carbocycles. The van der Waals surface area contributed by atoms with Crippen LogP contribution in [-0.2, 0) is 4.79 Å². The van der Waals surface area contributed by atoms with Gasteiger partial charge in [0.1, 0.15) is 17.3 Å². The Morgan fingerprint density at radius 3 is 2.24 bits per heavy atom. The van der Waals surface area contributed by atoms with Crippen LogP contribution in [0.1, 0.15) is 52.2 Å². The third-order valence-corrected chi connectivity index (χ3v) is 2.58. The van der Waals surface area contributed by atoms with Gasteiger partial charge in [-0.2, -0.15) is 5.10 Å². The molecule has 0 aliphatic rings. The molecule has 0 aliphatic heterocycles. The average Bonchev–Trinajstić information content (AvgIpc) is 2.79. The summed E-state index contributed by atoms with van der Waals surface area (Å²) in [6.45, 7) is 12.8. The van der Waals surface area contributed by atoms with E-state index in [9.17, 15) is 9.59 Å². The molecular formula is C14H24N4O3. The minimum Gasteiger partial charge on any atom is -0.480 e. The lowest BCUT2D eigenvalue weighted by Gasteiger charge is -2.07. The topological polar surface area (TPSA) is 101 Å². The number of hydrogen-bond donors (Lipinski definition) is 2. The number of rotatable bonds is 2. The van der Waals surface area contributed by atoms with Gasteiger partial charge in [0.25, 0.3) is 5.56 Å². The minimum atomic E-state index is -1.02. The number of aromatic nitrogens is 4. The maximum atomic E-state index is 11.7. The van der Waals surface area contributed by atoms with Gasteiger partial charge in [0, 0.05) is 0 Å². The van der Waals surface area contributed by atoms with E-state index in [0.717, 1.165) is 0 Å². The standard InChI is InChI=1S/C10H12N4O3.2C2H6/c1-4-7-8(11-6(3)12-9(7)15)14(13-4)5(2)10(16)17;2*1-2/h5H,1-3H3,(H,16,17)(H,11,12,15);2*1-2H3. The van der Waals surface area contributed by atoms with E-state index in [1.54, 1.807) is 13.8 Å². The van der Waals surface area contributed by atoms with E-state index in [2.05, 4.69) is 15.1 Å². The van der Waals surface area contributed by atoms with E-state index in [0.29, 0.717) is 22.6 Å². The SMILES string of the molecule is CC.CC.Cc1nc2c(c(C)nn2C(C)C(=O)O)c(=O)[nH]1. The van der Waals surface area contributed by atoms with Crippen LogP contribution >= 0.6 is 0 Å². The van der Waals surface area contributed by atoms with Gasteiger partial charge in [-0.3, -0.25) is 4.79 Å². The first-order chi connectivity index (χ1) is 9.91. The summed E-state index contributed by atoms with van der Waals surface area (Å²) in [5.74, 6) is -0.588. The van der Waals surface area contributed by atoms with Crippen molar-refractivity contribution in [3.63, 3.8) is 0 Å². The van der Waals surface area contributed by atoms with Crippen LogP contribution in [0.15, 0.2) is 4.79 Å².